The number of fused-ring (bicyclic) bond motifs is 1. The quantitative estimate of drug-likeness (QED) is 0.545. The predicted octanol–water partition coefficient (Wildman–Crippen LogP) is 0.933. The van der Waals surface area contributed by atoms with E-state index < -0.39 is 40.3 Å². The van der Waals surface area contributed by atoms with Gasteiger partial charge in [-0.3, -0.25) is 0 Å². The molecule has 4 N–H and O–H groups in total. The second-order valence-electron chi connectivity index (χ2n) is 8.08. The Bertz CT molecular complexity index is 1030. The van der Waals surface area contributed by atoms with Gasteiger partial charge in [0, 0.05) is 24.4 Å². The number of carboxylic acid groups (broad SMARTS) is 1. The molecule has 1 aliphatic rings. The summed E-state index contributed by atoms with van der Waals surface area (Å²) in [6, 6.07) is 5.89. The van der Waals surface area contributed by atoms with Crippen molar-refractivity contribution in [2.45, 2.75) is 63.3 Å². The first-order chi connectivity index (χ1) is 13.1. The topological polar surface area (TPSA) is 147 Å². The first-order valence-corrected chi connectivity index (χ1v) is 8.95. The second-order valence-corrected chi connectivity index (χ2v) is 8.08. The molecule has 9 nitrogen and oxygen atoms in total. The zero-order valence-electron chi connectivity index (χ0n) is 16.7. The van der Waals surface area contributed by atoms with Gasteiger partial charge in [-0.1, -0.05) is 0 Å². The van der Waals surface area contributed by atoms with Gasteiger partial charge in [0.1, 0.15) is 22.5 Å². The SMILES string of the molecule is Cc1cc(=O)oc2cc(O[C@]3(C)O[C@H](C(=O)O)[C@@](C)(O)[C@](C)(O)[C@]3(C)O)ccc12. The lowest BCUT2D eigenvalue weighted by atomic mass is 9.65. The van der Waals surface area contributed by atoms with E-state index >= 15 is 0 Å². The highest BCUT2D eigenvalue weighted by Crippen LogP contribution is 2.49. The molecule has 9 heteroatoms. The van der Waals surface area contributed by atoms with Crippen molar-refractivity contribution in [3.8, 4) is 5.75 Å². The van der Waals surface area contributed by atoms with Crippen LogP contribution >= 0.6 is 0 Å². The fourth-order valence-electron chi connectivity index (χ4n) is 3.65. The molecule has 0 radical (unpaired) electrons. The molecule has 1 aliphatic heterocycles. The Kier molecular flexibility index (Phi) is 4.59. The molecule has 1 saturated heterocycles. The molecule has 0 unspecified atom stereocenters. The molecule has 3 rings (SSSR count). The van der Waals surface area contributed by atoms with E-state index in [4.69, 9.17) is 13.9 Å². The number of carbonyl (C=O) groups is 1. The van der Waals surface area contributed by atoms with E-state index in [1.165, 1.54) is 32.0 Å². The zero-order valence-corrected chi connectivity index (χ0v) is 16.7. The average molecular weight is 408 g/mol. The number of aryl methyl sites for hydroxylation is 1. The number of aliphatic hydroxyl groups is 3. The molecule has 158 valence electrons. The maximum Gasteiger partial charge on any atom is 0.336 e. The van der Waals surface area contributed by atoms with Crippen LogP contribution in [0.25, 0.3) is 11.0 Å². The Hall–Kier alpha value is -2.46. The fraction of sp³-hybridized carbons (Fsp3) is 0.500. The Balaban J connectivity index is 2.10. The van der Waals surface area contributed by atoms with Gasteiger partial charge in [0.15, 0.2) is 11.7 Å². The number of benzene rings is 1. The van der Waals surface area contributed by atoms with Crippen molar-refractivity contribution in [1.29, 1.82) is 0 Å². The minimum atomic E-state index is -2.34. The summed E-state index contributed by atoms with van der Waals surface area (Å²) in [6.45, 7) is 6.34. The molecule has 1 aromatic heterocycles. The highest BCUT2D eigenvalue weighted by molar-refractivity contribution is 5.81. The third-order valence-electron chi connectivity index (χ3n) is 6.13. The predicted molar refractivity (Wildman–Crippen MR) is 101 cm³/mol. The van der Waals surface area contributed by atoms with Gasteiger partial charge in [0.2, 0.25) is 5.79 Å². The van der Waals surface area contributed by atoms with Crippen LogP contribution in [-0.4, -0.2) is 55.1 Å². The van der Waals surface area contributed by atoms with Crippen molar-refractivity contribution in [2.75, 3.05) is 0 Å². The number of rotatable bonds is 3. The molecule has 1 fully saturated rings. The summed E-state index contributed by atoms with van der Waals surface area (Å²) in [5.74, 6) is -3.53. The number of carboxylic acids is 1. The van der Waals surface area contributed by atoms with Crippen LogP contribution in [0.3, 0.4) is 0 Å². The molecule has 29 heavy (non-hydrogen) atoms. The van der Waals surface area contributed by atoms with Crippen molar-refractivity contribution >= 4 is 16.9 Å². The van der Waals surface area contributed by atoms with E-state index in [-0.39, 0.29) is 11.3 Å². The van der Waals surface area contributed by atoms with Crippen molar-refractivity contribution in [2.24, 2.45) is 0 Å². The Morgan fingerprint density at radius 1 is 1.07 bits per heavy atom. The van der Waals surface area contributed by atoms with Gasteiger partial charge in [-0.25, -0.2) is 9.59 Å². The van der Waals surface area contributed by atoms with Gasteiger partial charge < -0.3 is 34.3 Å². The van der Waals surface area contributed by atoms with Crippen LogP contribution in [0.1, 0.15) is 33.3 Å². The summed E-state index contributed by atoms with van der Waals surface area (Å²) >= 11 is 0. The summed E-state index contributed by atoms with van der Waals surface area (Å²) in [5, 5.41) is 42.8. The summed E-state index contributed by atoms with van der Waals surface area (Å²) in [5.41, 5.74) is -6.56. The maximum atomic E-state index is 11.7. The van der Waals surface area contributed by atoms with Crippen LogP contribution in [0.2, 0.25) is 0 Å². The Morgan fingerprint density at radius 3 is 2.28 bits per heavy atom. The second kappa shape index (κ2) is 6.27. The normalized spacial score (nSPS) is 37.4. The van der Waals surface area contributed by atoms with Crippen LogP contribution < -0.4 is 10.4 Å². The third kappa shape index (κ3) is 2.93. The highest BCUT2D eigenvalue weighted by Gasteiger charge is 2.73. The first-order valence-electron chi connectivity index (χ1n) is 8.95. The maximum absolute atomic E-state index is 11.7. The molecule has 2 aromatic rings. The van der Waals surface area contributed by atoms with Gasteiger partial charge in [0.25, 0.3) is 0 Å². The largest absolute Gasteiger partial charge is 0.479 e. The van der Waals surface area contributed by atoms with E-state index in [9.17, 15) is 30.0 Å². The number of hydrogen-bond acceptors (Lipinski definition) is 8. The average Bonchev–Trinajstić information content (AvgIpc) is 2.57. The molecule has 2 heterocycles. The van der Waals surface area contributed by atoms with Gasteiger partial charge >= 0.3 is 11.6 Å². The van der Waals surface area contributed by atoms with Crippen LogP contribution in [0, 0.1) is 6.92 Å². The minimum absolute atomic E-state index is 0.0931. The monoisotopic (exact) mass is 408 g/mol. The molecule has 0 aliphatic carbocycles. The smallest absolute Gasteiger partial charge is 0.336 e. The van der Waals surface area contributed by atoms with E-state index in [2.05, 4.69) is 0 Å². The fourth-order valence-corrected chi connectivity index (χ4v) is 3.65. The third-order valence-corrected chi connectivity index (χ3v) is 6.13. The van der Waals surface area contributed by atoms with Crippen LogP contribution in [-0.2, 0) is 9.53 Å². The summed E-state index contributed by atoms with van der Waals surface area (Å²) < 4.78 is 16.4. The summed E-state index contributed by atoms with van der Waals surface area (Å²) in [4.78, 5) is 23.3. The van der Waals surface area contributed by atoms with E-state index in [0.29, 0.717) is 10.9 Å². The van der Waals surface area contributed by atoms with Gasteiger partial charge in [-0.15, -0.1) is 0 Å². The molecule has 0 spiro atoms. The number of hydrogen-bond donors (Lipinski definition) is 4. The van der Waals surface area contributed by atoms with Crippen molar-refractivity contribution < 1.29 is 39.1 Å². The Labute approximate surface area is 166 Å². The van der Waals surface area contributed by atoms with Crippen molar-refractivity contribution in [1.82, 2.24) is 0 Å². The first kappa shape index (κ1) is 21.3. The van der Waals surface area contributed by atoms with Crippen molar-refractivity contribution in [3.63, 3.8) is 0 Å². The summed E-state index contributed by atoms with van der Waals surface area (Å²) in [6.07, 6.45) is -1.90. The number of ether oxygens (including phenoxy) is 2. The molecule has 0 saturated carbocycles. The number of aliphatic carboxylic acids is 1. The van der Waals surface area contributed by atoms with Crippen LogP contribution in [0.4, 0.5) is 0 Å². The standard InChI is InChI=1S/C20H24O9/c1-10-8-14(21)27-13-9-11(6-7-12(10)13)28-20(5)19(4,26)18(3,25)17(2,24)15(29-20)16(22)23/h6-9,15,24-26H,1-5H3,(H,22,23)/t15-,17-,18+,19+,20-/m1/s1. The lowest BCUT2D eigenvalue weighted by molar-refractivity contribution is -0.407. The van der Waals surface area contributed by atoms with Crippen LogP contribution in [0.15, 0.2) is 33.5 Å². The molecule has 1 aromatic carbocycles. The van der Waals surface area contributed by atoms with Gasteiger partial charge in [-0.05, 0) is 45.4 Å². The summed E-state index contributed by atoms with van der Waals surface area (Å²) in [7, 11) is 0. The minimum Gasteiger partial charge on any atom is -0.479 e. The van der Waals surface area contributed by atoms with E-state index in [1.54, 1.807) is 13.0 Å². The molecular formula is C20H24O9. The molecular weight excluding hydrogens is 384 g/mol. The van der Waals surface area contributed by atoms with Crippen LogP contribution in [0.5, 0.6) is 5.75 Å². The van der Waals surface area contributed by atoms with E-state index in [0.717, 1.165) is 13.8 Å². The molecule has 0 bridgehead atoms. The van der Waals surface area contributed by atoms with E-state index in [1.807, 2.05) is 0 Å². The van der Waals surface area contributed by atoms with Gasteiger partial charge in [0.05, 0.1) is 0 Å². The zero-order chi connectivity index (χ0) is 22.0. The molecule has 5 atom stereocenters. The highest BCUT2D eigenvalue weighted by atomic mass is 16.7. The van der Waals surface area contributed by atoms with Crippen molar-refractivity contribution in [3.05, 3.63) is 40.2 Å². The molecule has 0 amide bonds. The lowest BCUT2D eigenvalue weighted by Gasteiger charge is -2.60. The lowest BCUT2D eigenvalue weighted by Crippen LogP contribution is -2.82. The van der Waals surface area contributed by atoms with Gasteiger partial charge in [-0.2, -0.15) is 0 Å². The Morgan fingerprint density at radius 2 is 1.69 bits per heavy atom.